The maximum Gasteiger partial charge on any atom is 0.251 e. The number of rotatable bonds is 3. The Morgan fingerprint density at radius 1 is 1.16 bits per heavy atom. The van der Waals surface area contributed by atoms with E-state index in [4.69, 9.17) is 9.40 Å². The number of benzene rings is 2. The van der Waals surface area contributed by atoms with Crippen molar-refractivity contribution in [2.75, 3.05) is 0 Å². The molecular weight excluding hydrogens is 316 g/mol. The van der Waals surface area contributed by atoms with Gasteiger partial charge < -0.3 is 14.8 Å². The Bertz CT molecular complexity index is 1210. The first kappa shape index (κ1) is 13.9. The van der Waals surface area contributed by atoms with Crippen molar-refractivity contribution in [1.29, 1.82) is 0 Å². The van der Waals surface area contributed by atoms with Gasteiger partial charge in [-0.2, -0.15) is 0 Å². The Balaban J connectivity index is 1.56. The van der Waals surface area contributed by atoms with Gasteiger partial charge in [-0.3, -0.25) is 9.89 Å². The third-order valence-corrected chi connectivity index (χ3v) is 4.42. The first-order valence-corrected chi connectivity index (χ1v) is 7.98. The lowest BCUT2D eigenvalue weighted by Crippen LogP contribution is -2.22. The van der Waals surface area contributed by atoms with Crippen LogP contribution in [-0.4, -0.2) is 21.1 Å². The van der Waals surface area contributed by atoms with Crippen LogP contribution in [0.1, 0.15) is 16.1 Å². The van der Waals surface area contributed by atoms with Crippen molar-refractivity contribution in [1.82, 2.24) is 20.5 Å². The van der Waals surface area contributed by atoms with E-state index in [2.05, 4.69) is 15.5 Å². The highest BCUT2D eigenvalue weighted by Gasteiger charge is 2.13. The summed E-state index contributed by atoms with van der Waals surface area (Å²) in [5.41, 5.74) is 3.35. The number of furan rings is 1. The molecule has 3 aromatic heterocycles. The number of carbonyl (C=O) groups is 1. The molecule has 0 radical (unpaired) electrons. The largest absolute Gasteiger partial charge is 0.467 e. The molecule has 0 spiro atoms. The van der Waals surface area contributed by atoms with E-state index in [9.17, 15) is 4.79 Å². The summed E-state index contributed by atoms with van der Waals surface area (Å²) in [6, 6.07) is 13.3. The number of aromatic nitrogens is 3. The molecule has 0 unspecified atom stereocenters. The van der Waals surface area contributed by atoms with E-state index in [-0.39, 0.29) is 5.91 Å². The number of amides is 1. The fourth-order valence-corrected chi connectivity index (χ4v) is 3.17. The van der Waals surface area contributed by atoms with Crippen molar-refractivity contribution in [2.24, 2.45) is 0 Å². The molecular formula is C19H14N4O2. The monoisotopic (exact) mass is 330 g/mol. The van der Waals surface area contributed by atoms with Crippen molar-refractivity contribution >= 4 is 38.6 Å². The lowest BCUT2D eigenvalue weighted by Gasteiger charge is -2.03. The minimum atomic E-state index is -0.137. The SMILES string of the molecule is O=C(NCc1ccco1)c1ccc2nc3c(ccc4c[nH][nH]c43)c2c1. The van der Waals surface area contributed by atoms with Crippen molar-refractivity contribution in [2.45, 2.75) is 6.54 Å². The third-order valence-electron chi connectivity index (χ3n) is 4.42. The van der Waals surface area contributed by atoms with Crippen molar-refractivity contribution in [3.05, 3.63) is 66.2 Å². The smallest absolute Gasteiger partial charge is 0.251 e. The molecule has 122 valence electrons. The summed E-state index contributed by atoms with van der Waals surface area (Å²) in [6.45, 7) is 0.364. The molecule has 6 nitrogen and oxygen atoms in total. The van der Waals surface area contributed by atoms with Crippen LogP contribution in [0.15, 0.2) is 59.3 Å². The van der Waals surface area contributed by atoms with E-state index in [0.29, 0.717) is 12.1 Å². The number of carbonyl (C=O) groups excluding carboxylic acids is 1. The lowest BCUT2D eigenvalue weighted by atomic mass is 10.1. The minimum Gasteiger partial charge on any atom is -0.467 e. The molecule has 0 aliphatic heterocycles. The first-order valence-electron chi connectivity index (χ1n) is 7.98. The number of H-pyrrole nitrogens is 2. The maximum atomic E-state index is 12.4. The molecule has 3 heterocycles. The van der Waals surface area contributed by atoms with Gasteiger partial charge in [0.25, 0.3) is 5.91 Å². The molecule has 5 rings (SSSR count). The quantitative estimate of drug-likeness (QED) is 0.471. The average Bonchev–Trinajstić information content (AvgIpc) is 3.36. The number of nitrogens with zero attached hydrogens (tertiary/aromatic N) is 1. The third kappa shape index (κ3) is 2.19. The van der Waals surface area contributed by atoms with E-state index >= 15 is 0 Å². The highest BCUT2D eigenvalue weighted by molar-refractivity contribution is 6.16. The molecule has 0 aliphatic rings. The predicted molar refractivity (Wildman–Crippen MR) is 95.3 cm³/mol. The summed E-state index contributed by atoms with van der Waals surface area (Å²) in [5.74, 6) is 0.585. The number of aromatic amines is 2. The van der Waals surface area contributed by atoms with Crippen LogP contribution in [0, 0.1) is 0 Å². The van der Waals surface area contributed by atoms with Gasteiger partial charge in [0.15, 0.2) is 0 Å². The number of hydrogen-bond acceptors (Lipinski definition) is 3. The van der Waals surface area contributed by atoms with Gasteiger partial charge in [0.2, 0.25) is 0 Å². The van der Waals surface area contributed by atoms with Crippen LogP contribution in [0.5, 0.6) is 0 Å². The van der Waals surface area contributed by atoms with Crippen LogP contribution in [0.2, 0.25) is 0 Å². The van der Waals surface area contributed by atoms with Crippen molar-refractivity contribution < 1.29 is 9.21 Å². The zero-order valence-electron chi connectivity index (χ0n) is 13.2. The van der Waals surface area contributed by atoms with Crippen LogP contribution in [0.3, 0.4) is 0 Å². The van der Waals surface area contributed by atoms with E-state index in [1.165, 1.54) is 0 Å². The average molecular weight is 330 g/mol. The van der Waals surface area contributed by atoms with Gasteiger partial charge in [0.1, 0.15) is 5.76 Å². The zero-order valence-corrected chi connectivity index (χ0v) is 13.2. The summed E-state index contributed by atoms with van der Waals surface area (Å²) < 4.78 is 5.24. The van der Waals surface area contributed by atoms with Gasteiger partial charge in [0.05, 0.1) is 29.4 Å². The molecule has 6 heteroatoms. The standard InChI is InChI=1S/C19H14N4O2/c24-19(20-10-13-2-1-7-25-13)11-4-6-16-15(8-11)14-5-3-12-9-21-23-17(12)18(14)22-16/h1-9,21,23H,10H2,(H,20,24). The number of hydrogen-bond donors (Lipinski definition) is 3. The van der Waals surface area contributed by atoms with Crippen molar-refractivity contribution in [3.8, 4) is 0 Å². The maximum absolute atomic E-state index is 12.4. The number of fused-ring (bicyclic) bond motifs is 5. The van der Waals surface area contributed by atoms with Gasteiger partial charge >= 0.3 is 0 Å². The fraction of sp³-hybridized carbons (Fsp3) is 0.0526. The Labute approximate surface area is 141 Å². The Kier molecular flexibility index (Phi) is 2.90. The molecule has 0 atom stereocenters. The second-order valence-electron chi connectivity index (χ2n) is 5.95. The molecule has 5 aromatic rings. The van der Waals surface area contributed by atoms with Crippen LogP contribution < -0.4 is 5.32 Å². The molecule has 0 bridgehead atoms. The highest BCUT2D eigenvalue weighted by atomic mass is 16.3. The van der Waals surface area contributed by atoms with Crippen LogP contribution in [-0.2, 0) is 6.54 Å². The Morgan fingerprint density at radius 3 is 3.00 bits per heavy atom. The molecule has 2 aromatic carbocycles. The van der Waals surface area contributed by atoms with Crippen LogP contribution >= 0.6 is 0 Å². The van der Waals surface area contributed by atoms with Crippen molar-refractivity contribution in [3.63, 3.8) is 0 Å². The second-order valence-corrected chi connectivity index (χ2v) is 5.95. The second kappa shape index (κ2) is 5.24. The Hall–Kier alpha value is -3.54. The van der Waals surface area contributed by atoms with Gasteiger partial charge in [0, 0.05) is 27.9 Å². The molecule has 3 N–H and O–H groups in total. The van der Waals surface area contributed by atoms with Gasteiger partial charge in [-0.05, 0) is 30.3 Å². The van der Waals surface area contributed by atoms with Gasteiger partial charge in [-0.15, -0.1) is 0 Å². The van der Waals surface area contributed by atoms with Crippen LogP contribution in [0.4, 0.5) is 0 Å². The summed E-state index contributed by atoms with van der Waals surface area (Å²) >= 11 is 0. The molecule has 25 heavy (non-hydrogen) atoms. The highest BCUT2D eigenvalue weighted by Crippen LogP contribution is 2.30. The molecule has 0 saturated carbocycles. The van der Waals surface area contributed by atoms with E-state index in [1.54, 1.807) is 18.4 Å². The predicted octanol–water partition coefficient (Wildman–Crippen LogP) is 3.72. The lowest BCUT2D eigenvalue weighted by molar-refractivity contribution is 0.0948. The van der Waals surface area contributed by atoms with Gasteiger partial charge in [-0.1, -0.05) is 12.1 Å². The summed E-state index contributed by atoms with van der Waals surface area (Å²) in [7, 11) is 0. The minimum absolute atomic E-state index is 0.137. The topological polar surface area (TPSA) is 86.7 Å². The summed E-state index contributed by atoms with van der Waals surface area (Å²) in [4.78, 5) is 17.1. The molecule has 0 saturated heterocycles. The summed E-state index contributed by atoms with van der Waals surface area (Å²) in [6.07, 6.45) is 3.50. The zero-order chi connectivity index (χ0) is 16.8. The van der Waals surface area contributed by atoms with E-state index < -0.39 is 0 Å². The van der Waals surface area contributed by atoms with Gasteiger partial charge in [-0.25, -0.2) is 4.98 Å². The van der Waals surface area contributed by atoms with E-state index in [1.807, 2.05) is 36.5 Å². The van der Waals surface area contributed by atoms with Crippen LogP contribution in [0.25, 0.3) is 32.7 Å². The first-order chi connectivity index (χ1) is 12.3. The number of nitrogens with one attached hydrogen (secondary N) is 3. The Morgan fingerprint density at radius 2 is 2.12 bits per heavy atom. The normalized spacial score (nSPS) is 11.5. The fourth-order valence-electron chi connectivity index (χ4n) is 3.17. The molecule has 1 amide bonds. The molecule has 0 fully saturated rings. The van der Waals surface area contributed by atoms with E-state index in [0.717, 1.165) is 38.5 Å². The molecule has 0 aliphatic carbocycles. The summed E-state index contributed by atoms with van der Waals surface area (Å²) in [5, 5.41) is 12.1.